The number of hydrogen-bond donors (Lipinski definition) is 1. The van der Waals surface area contributed by atoms with Crippen LogP contribution in [0.15, 0.2) is 34.7 Å². The first-order valence-corrected chi connectivity index (χ1v) is 8.68. The third-order valence-corrected chi connectivity index (χ3v) is 4.64. The van der Waals surface area contributed by atoms with Crippen LogP contribution in [-0.4, -0.2) is 45.6 Å². The van der Waals surface area contributed by atoms with Gasteiger partial charge in [0.15, 0.2) is 5.89 Å². The molecule has 0 atom stereocenters. The van der Waals surface area contributed by atoms with Crippen LogP contribution >= 0.6 is 0 Å². The zero-order chi connectivity index (χ0) is 18.7. The zero-order valence-corrected chi connectivity index (χ0v) is 14.9. The number of aryl methyl sites for hydroxylation is 2. The summed E-state index contributed by atoms with van der Waals surface area (Å²) in [7, 11) is 0. The van der Waals surface area contributed by atoms with Crippen LogP contribution in [0.4, 0.5) is 0 Å². The number of amides is 1. The van der Waals surface area contributed by atoms with Gasteiger partial charge in [0.05, 0.1) is 5.69 Å². The van der Waals surface area contributed by atoms with E-state index in [1.165, 1.54) is 0 Å². The number of ether oxygens (including phenoxy) is 1. The number of likely N-dealkylation sites (tertiary alicyclic amines) is 1. The Morgan fingerprint density at radius 3 is 2.46 bits per heavy atom. The number of aromatic nitrogens is 1. The van der Waals surface area contributed by atoms with E-state index in [4.69, 9.17) is 9.15 Å². The Morgan fingerprint density at radius 1 is 1.27 bits per heavy atom. The minimum atomic E-state index is -1.33. The summed E-state index contributed by atoms with van der Waals surface area (Å²) in [6, 6.07) is 8.88. The highest BCUT2D eigenvalue weighted by Crippen LogP contribution is 2.30. The van der Waals surface area contributed by atoms with Gasteiger partial charge in [-0.15, -0.1) is 0 Å². The van der Waals surface area contributed by atoms with E-state index in [1.807, 2.05) is 13.0 Å². The Kier molecular flexibility index (Phi) is 4.97. The number of piperidine rings is 1. The van der Waals surface area contributed by atoms with Gasteiger partial charge in [0, 0.05) is 32.4 Å². The van der Waals surface area contributed by atoms with Gasteiger partial charge in [-0.2, -0.15) is 0 Å². The largest absolute Gasteiger partial charge is 0.478 e. The molecule has 0 unspecified atom stereocenters. The third kappa shape index (κ3) is 3.42. The highest BCUT2D eigenvalue weighted by molar-refractivity contribution is 5.92. The van der Waals surface area contributed by atoms with Crippen molar-refractivity contribution in [3.05, 3.63) is 47.7 Å². The lowest BCUT2D eigenvalue weighted by Crippen LogP contribution is -2.54. The van der Waals surface area contributed by atoms with Crippen molar-refractivity contribution >= 4 is 11.9 Å². The van der Waals surface area contributed by atoms with Crippen LogP contribution in [0.2, 0.25) is 0 Å². The maximum absolute atomic E-state index is 12.7. The number of para-hydroxylation sites is 1. The predicted octanol–water partition coefficient (Wildman–Crippen LogP) is 2.68. The van der Waals surface area contributed by atoms with Crippen molar-refractivity contribution in [1.82, 2.24) is 9.88 Å². The normalized spacial score (nSPS) is 16.3. The smallest absolute Gasteiger partial charge is 0.348 e. The standard InChI is InChI=1S/C19H22N2O5/c1-3-15-20-13(2)16(25-15)17(22)21-11-9-19(10-12-21,18(23)24)26-14-7-5-4-6-8-14/h4-8H,3,9-12H2,1-2H3,(H,23,24). The molecule has 1 fully saturated rings. The Balaban J connectivity index is 1.72. The van der Waals surface area contributed by atoms with Crippen molar-refractivity contribution in [2.75, 3.05) is 13.1 Å². The van der Waals surface area contributed by atoms with Gasteiger partial charge in [-0.05, 0) is 19.1 Å². The Labute approximate surface area is 151 Å². The van der Waals surface area contributed by atoms with E-state index in [2.05, 4.69) is 4.98 Å². The number of carboxylic acid groups (broad SMARTS) is 1. The second-order valence-corrected chi connectivity index (χ2v) is 6.38. The highest BCUT2D eigenvalue weighted by Gasteiger charge is 2.45. The second kappa shape index (κ2) is 7.19. The lowest BCUT2D eigenvalue weighted by atomic mass is 9.91. The van der Waals surface area contributed by atoms with Gasteiger partial charge < -0.3 is 19.2 Å². The molecule has 26 heavy (non-hydrogen) atoms. The lowest BCUT2D eigenvalue weighted by molar-refractivity contribution is -0.159. The SMILES string of the molecule is CCc1nc(C)c(C(=O)N2CCC(Oc3ccccc3)(C(=O)O)CC2)o1. The quantitative estimate of drug-likeness (QED) is 0.883. The first-order chi connectivity index (χ1) is 12.4. The number of carbonyl (C=O) groups is 2. The molecule has 1 N–H and O–H groups in total. The first-order valence-electron chi connectivity index (χ1n) is 8.68. The van der Waals surface area contributed by atoms with Crippen molar-refractivity contribution in [2.24, 2.45) is 0 Å². The second-order valence-electron chi connectivity index (χ2n) is 6.38. The van der Waals surface area contributed by atoms with E-state index in [-0.39, 0.29) is 37.6 Å². The number of nitrogens with zero attached hydrogens (tertiary/aromatic N) is 2. The van der Waals surface area contributed by atoms with Crippen molar-refractivity contribution < 1.29 is 23.8 Å². The molecule has 0 saturated carbocycles. The molecule has 0 spiro atoms. The van der Waals surface area contributed by atoms with E-state index in [9.17, 15) is 14.7 Å². The molecule has 0 radical (unpaired) electrons. The fourth-order valence-corrected chi connectivity index (χ4v) is 3.09. The van der Waals surface area contributed by atoms with E-state index in [1.54, 1.807) is 36.1 Å². The molecule has 1 saturated heterocycles. The number of carbonyl (C=O) groups excluding carboxylic acids is 1. The molecule has 0 aliphatic carbocycles. The molecule has 2 heterocycles. The minimum absolute atomic E-state index is 0.205. The maximum atomic E-state index is 12.7. The van der Waals surface area contributed by atoms with Crippen LogP contribution in [-0.2, 0) is 11.2 Å². The van der Waals surface area contributed by atoms with Crippen molar-refractivity contribution in [1.29, 1.82) is 0 Å². The van der Waals surface area contributed by atoms with Gasteiger partial charge in [0.2, 0.25) is 11.4 Å². The summed E-state index contributed by atoms with van der Waals surface area (Å²) in [4.78, 5) is 30.4. The highest BCUT2D eigenvalue weighted by atomic mass is 16.5. The molecule has 1 aliphatic rings. The molecule has 0 bridgehead atoms. The van der Waals surface area contributed by atoms with Gasteiger partial charge >= 0.3 is 5.97 Å². The average Bonchev–Trinajstić information content (AvgIpc) is 3.03. The molecule has 1 aromatic carbocycles. The molecular formula is C19H22N2O5. The topological polar surface area (TPSA) is 92.9 Å². The summed E-state index contributed by atoms with van der Waals surface area (Å²) in [5, 5.41) is 9.71. The Morgan fingerprint density at radius 2 is 1.92 bits per heavy atom. The van der Waals surface area contributed by atoms with Crippen LogP contribution in [0.1, 0.15) is 41.9 Å². The summed E-state index contributed by atoms with van der Waals surface area (Å²) >= 11 is 0. The van der Waals surface area contributed by atoms with E-state index in [0.29, 0.717) is 23.8 Å². The summed E-state index contributed by atoms with van der Waals surface area (Å²) < 4.78 is 11.3. The summed E-state index contributed by atoms with van der Waals surface area (Å²) in [6.07, 6.45) is 1.02. The number of oxazole rings is 1. The van der Waals surface area contributed by atoms with Crippen LogP contribution in [0.3, 0.4) is 0 Å². The fourth-order valence-electron chi connectivity index (χ4n) is 3.09. The van der Waals surface area contributed by atoms with E-state index in [0.717, 1.165) is 0 Å². The first kappa shape index (κ1) is 18.0. The summed E-state index contributed by atoms with van der Waals surface area (Å²) in [5.41, 5.74) is -0.772. The number of hydrogen-bond acceptors (Lipinski definition) is 5. The van der Waals surface area contributed by atoms with Crippen molar-refractivity contribution in [3.8, 4) is 5.75 Å². The van der Waals surface area contributed by atoms with Crippen LogP contribution in [0.25, 0.3) is 0 Å². The van der Waals surface area contributed by atoms with Gasteiger partial charge in [-0.25, -0.2) is 9.78 Å². The van der Waals surface area contributed by atoms with Gasteiger partial charge in [0.25, 0.3) is 5.91 Å². The van der Waals surface area contributed by atoms with Crippen molar-refractivity contribution in [2.45, 2.75) is 38.7 Å². The average molecular weight is 358 g/mol. The summed E-state index contributed by atoms with van der Waals surface area (Å²) in [6.45, 7) is 4.20. The van der Waals surface area contributed by atoms with Gasteiger partial charge in [0.1, 0.15) is 5.75 Å². The molecule has 1 aromatic heterocycles. The predicted molar refractivity (Wildman–Crippen MR) is 93.2 cm³/mol. The molecule has 7 nitrogen and oxygen atoms in total. The number of aliphatic carboxylic acids is 1. The van der Waals surface area contributed by atoms with Crippen LogP contribution < -0.4 is 4.74 Å². The van der Waals surface area contributed by atoms with Crippen LogP contribution in [0, 0.1) is 6.92 Å². The lowest BCUT2D eigenvalue weighted by Gasteiger charge is -2.38. The number of rotatable bonds is 5. The monoisotopic (exact) mass is 358 g/mol. The fraction of sp³-hybridized carbons (Fsp3) is 0.421. The third-order valence-electron chi connectivity index (χ3n) is 4.64. The number of carboxylic acids is 1. The maximum Gasteiger partial charge on any atom is 0.348 e. The molecule has 7 heteroatoms. The molecule has 1 aliphatic heterocycles. The molecule has 1 amide bonds. The number of benzene rings is 1. The summed E-state index contributed by atoms with van der Waals surface area (Å²) in [5.74, 6) is -0.0110. The molecule has 138 valence electrons. The van der Waals surface area contributed by atoms with Gasteiger partial charge in [-0.3, -0.25) is 4.79 Å². The van der Waals surface area contributed by atoms with E-state index >= 15 is 0 Å². The van der Waals surface area contributed by atoms with Crippen molar-refractivity contribution in [3.63, 3.8) is 0 Å². The van der Waals surface area contributed by atoms with Crippen LogP contribution in [0.5, 0.6) is 5.75 Å². The zero-order valence-electron chi connectivity index (χ0n) is 14.9. The molecular weight excluding hydrogens is 336 g/mol. The van der Waals surface area contributed by atoms with E-state index < -0.39 is 11.6 Å². The Hall–Kier alpha value is -2.83. The molecule has 3 rings (SSSR count). The Bertz CT molecular complexity index is 792. The molecule has 2 aromatic rings. The van der Waals surface area contributed by atoms with Gasteiger partial charge in [-0.1, -0.05) is 25.1 Å². The minimum Gasteiger partial charge on any atom is -0.478 e.